The molecule has 1 unspecified atom stereocenters. The van der Waals surface area contributed by atoms with Crippen molar-refractivity contribution in [1.82, 2.24) is 14.8 Å². The first-order chi connectivity index (χ1) is 5.38. The van der Waals surface area contributed by atoms with Gasteiger partial charge in [0.2, 0.25) is 0 Å². The summed E-state index contributed by atoms with van der Waals surface area (Å²) in [6.07, 6.45) is 5.55. The predicted molar refractivity (Wildman–Crippen MR) is 43.0 cm³/mol. The minimum absolute atomic E-state index is 0.468. The van der Waals surface area contributed by atoms with Crippen molar-refractivity contribution in [3.63, 3.8) is 0 Å². The van der Waals surface area contributed by atoms with Crippen LogP contribution in [0.5, 0.6) is 0 Å². The Kier molecular flexibility index (Phi) is 3.04. The number of rotatable bonds is 4. The Balaban J connectivity index is 2.56. The SMILES string of the molecule is CCC(CCN)n1cnnc1. The average Bonchev–Trinajstić information content (AvgIpc) is 2.52. The predicted octanol–water partition coefficient (Wildman–Crippen LogP) is 0.578. The van der Waals surface area contributed by atoms with Crippen molar-refractivity contribution in [1.29, 1.82) is 0 Å². The van der Waals surface area contributed by atoms with Crippen molar-refractivity contribution >= 4 is 0 Å². The Morgan fingerprint density at radius 3 is 2.55 bits per heavy atom. The quantitative estimate of drug-likeness (QED) is 0.690. The summed E-state index contributed by atoms with van der Waals surface area (Å²) in [5.74, 6) is 0. The van der Waals surface area contributed by atoms with Crippen LogP contribution < -0.4 is 5.73 Å². The summed E-state index contributed by atoms with van der Waals surface area (Å²) in [7, 11) is 0. The molecule has 0 bridgehead atoms. The maximum atomic E-state index is 5.46. The largest absolute Gasteiger partial charge is 0.330 e. The smallest absolute Gasteiger partial charge is 0.119 e. The molecule has 0 saturated heterocycles. The van der Waals surface area contributed by atoms with Gasteiger partial charge in [-0.1, -0.05) is 6.92 Å². The van der Waals surface area contributed by atoms with E-state index in [2.05, 4.69) is 17.1 Å². The fourth-order valence-electron chi connectivity index (χ4n) is 1.15. The number of nitrogens with zero attached hydrogens (tertiary/aromatic N) is 3. The highest BCUT2D eigenvalue weighted by molar-refractivity contribution is 4.71. The molecule has 2 N–H and O–H groups in total. The first-order valence-corrected chi connectivity index (χ1v) is 3.92. The van der Waals surface area contributed by atoms with Crippen molar-refractivity contribution in [2.45, 2.75) is 25.8 Å². The highest BCUT2D eigenvalue weighted by Crippen LogP contribution is 2.12. The van der Waals surface area contributed by atoms with Crippen molar-refractivity contribution in [3.8, 4) is 0 Å². The maximum Gasteiger partial charge on any atom is 0.119 e. The summed E-state index contributed by atoms with van der Waals surface area (Å²) in [6, 6.07) is 0.468. The minimum Gasteiger partial charge on any atom is -0.330 e. The van der Waals surface area contributed by atoms with E-state index in [0.29, 0.717) is 6.04 Å². The van der Waals surface area contributed by atoms with Crippen LogP contribution in [0.3, 0.4) is 0 Å². The molecule has 11 heavy (non-hydrogen) atoms. The van der Waals surface area contributed by atoms with E-state index in [0.717, 1.165) is 19.4 Å². The lowest BCUT2D eigenvalue weighted by atomic mass is 10.1. The Morgan fingerprint density at radius 2 is 2.09 bits per heavy atom. The van der Waals surface area contributed by atoms with Crippen molar-refractivity contribution in [3.05, 3.63) is 12.7 Å². The van der Waals surface area contributed by atoms with Gasteiger partial charge in [-0.3, -0.25) is 0 Å². The second-order valence-corrected chi connectivity index (χ2v) is 2.55. The lowest BCUT2D eigenvalue weighted by Gasteiger charge is -2.13. The molecular formula is C7H14N4. The van der Waals surface area contributed by atoms with E-state index >= 15 is 0 Å². The van der Waals surface area contributed by atoms with E-state index < -0.39 is 0 Å². The van der Waals surface area contributed by atoms with Gasteiger partial charge in [-0.2, -0.15) is 0 Å². The Hall–Kier alpha value is -0.900. The van der Waals surface area contributed by atoms with Gasteiger partial charge >= 0.3 is 0 Å². The van der Waals surface area contributed by atoms with Crippen molar-refractivity contribution in [2.24, 2.45) is 5.73 Å². The van der Waals surface area contributed by atoms with Crippen LogP contribution in [0.25, 0.3) is 0 Å². The van der Waals surface area contributed by atoms with E-state index in [9.17, 15) is 0 Å². The molecule has 0 radical (unpaired) electrons. The Morgan fingerprint density at radius 1 is 1.45 bits per heavy atom. The van der Waals surface area contributed by atoms with Gasteiger partial charge in [-0.25, -0.2) is 0 Å². The first kappa shape index (κ1) is 8.20. The summed E-state index contributed by atoms with van der Waals surface area (Å²) in [5.41, 5.74) is 5.46. The van der Waals surface area contributed by atoms with Crippen LogP contribution in [0.2, 0.25) is 0 Å². The second kappa shape index (κ2) is 4.08. The molecule has 0 aliphatic rings. The third-order valence-corrected chi connectivity index (χ3v) is 1.83. The van der Waals surface area contributed by atoms with Gasteiger partial charge in [0, 0.05) is 6.04 Å². The summed E-state index contributed by atoms with van der Waals surface area (Å²) < 4.78 is 2.01. The van der Waals surface area contributed by atoms with Gasteiger partial charge in [-0.15, -0.1) is 10.2 Å². The van der Waals surface area contributed by atoms with E-state index in [1.165, 1.54) is 0 Å². The maximum absolute atomic E-state index is 5.46. The second-order valence-electron chi connectivity index (χ2n) is 2.55. The van der Waals surface area contributed by atoms with Gasteiger partial charge in [0.15, 0.2) is 0 Å². The van der Waals surface area contributed by atoms with E-state index in [4.69, 9.17) is 5.73 Å². The number of hydrogen-bond donors (Lipinski definition) is 1. The lowest BCUT2D eigenvalue weighted by Crippen LogP contribution is -2.11. The van der Waals surface area contributed by atoms with E-state index in [-0.39, 0.29) is 0 Å². The van der Waals surface area contributed by atoms with E-state index in [1.54, 1.807) is 12.7 Å². The molecule has 0 fully saturated rings. The number of aromatic nitrogens is 3. The molecule has 1 aromatic heterocycles. The third-order valence-electron chi connectivity index (χ3n) is 1.83. The van der Waals surface area contributed by atoms with E-state index in [1.807, 2.05) is 4.57 Å². The average molecular weight is 154 g/mol. The number of hydrogen-bond acceptors (Lipinski definition) is 3. The molecule has 1 atom stereocenters. The summed E-state index contributed by atoms with van der Waals surface area (Å²) >= 11 is 0. The third kappa shape index (κ3) is 2.01. The zero-order chi connectivity index (χ0) is 8.10. The highest BCUT2D eigenvalue weighted by Gasteiger charge is 2.05. The van der Waals surface area contributed by atoms with Crippen LogP contribution in [0, 0.1) is 0 Å². The molecule has 1 aromatic rings. The Labute approximate surface area is 66.4 Å². The Bertz CT molecular complexity index is 182. The van der Waals surface area contributed by atoms with Crippen LogP contribution in [-0.4, -0.2) is 21.3 Å². The standard InChI is InChI=1S/C7H14N4/c1-2-7(3-4-8)11-5-9-10-6-11/h5-7H,2-4,8H2,1H3. The monoisotopic (exact) mass is 154 g/mol. The van der Waals surface area contributed by atoms with Crippen molar-refractivity contribution < 1.29 is 0 Å². The number of nitrogens with two attached hydrogens (primary N) is 1. The van der Waals surface area contributed by atoms with Crippen LogP contribution >= 0.6 is 0 Å². The summed E-state index contributed by atoms with van der Waals surface area (Å²) in [6.45, 7) is 2.86. The molecule has 0 aliphatic carbocycles. The molecular weight excluding hydrogens is 140 g/mol. The topological polar surface area (TPSA) is 56.7 Å². The summed E-state index contributed by atoms with van der Waals surface area (Å²) in [5, 5.41) is 7.49. The van der Waals surface area contributed by atoms with Gasteiger partial charge in [-0.05, 0) is 19.4 Å². The molecule has 4 nitrogen and oxygen atoms in total. The van der Waals surface area contributed by atoms with Gasteiger partial charge in [0.05, 0.1) is 0 Å². The van der Waals surface area contributed by atoms with Crippen LogP contribution in [0.4, 0.5) is 0 Å². The summed E-state index contributed by atoms with van der Waals surface area (Å²) in [4.78, 5) is 0. The highest BCUT2D eigenvalue weighted by atomic mass is 15.2. The zero-order valence-corrected chi connectivity index (χ0v) is 6.77. The van der Waals surface area contributed by atoms with Crippen LogP contribution in [-0.2, 0) is 0 Å². The van der Waals surface area contributed by atoms with Gasteiger partial charge in [0.25, 0.3) is 0 Å². The molecule has 4 heteroatoms. The lowest BCUT2D eigenvalue weighted by molar-refractivity contribution is 0.457. The molecule has 0 saturated carbocycles. The van der Waals surface area contributed by atoms with Gasteiger partial charge in [0.1, 0.15) is 12.7 Å². The molecule has 0 aliphatic heterocycles. The fourth-order valence-corrected chi connectivity index (χ4v) is 1.15. The fraction of sp³-hybridized carbons (Fsp3) is 0.714. The van der Waals surface area contributed by atoms with Gasteiger partial charge < -0.3 is 10.3 Å². The molecule has 62 valence electrons. The molecule has 0 spiro atoms. The van der Waals surface area contributed by atoms with Crippen LogP contribution in [0.15, 0.2) is 12.7 Å². The zero-order valence-electron chi connectivity index (χ0n) is 6.77. The normalized spacial score (nSPS) is 13.3. The molecule has 0 aromatic carbocycles. The molecule has 1 heterocycles. The van der Waals surface area contributed by atoms with Crippen molar-refractivity contribution in [2.75, 3.05) is 6.54 Å². The molecule has 1 rings (SSSR count). The minimum atomic E-state index is 0.468. The molecule has 0 amide bonds. The first-order valence-electron chi connectivity index (χ1n) is 3.92. The van der Waals surface area contributed by atoms with Crippen LogP contribution in [0.1, 0.15) is 25.8 Å².